The Morgan fingerprint density at radius 1 is 1.39 bits per heavy atom. The molecule has 2 nitrogen and oxygen atoms in total. The quantitative estimate of drug-likeness (QED) is 0.737. The van der Waals surface area contributed by atoms with E-state index in [0.717, 1.165) is 24.3 Å². The number of allylic oxidation sites excluding steroid dienone is 5. The highest BCUT2D eigenvalue weighted by molar-refractivity contribution is 8.21. The van der Waals surface area contributed by atoms with Crippen molar-refractivity contribution in [3.8, 4) is 0 Å². The summed E-state index contributed by atoms with van der Waals surface area (Å²) in [5.41, 5.74) is 1.35. The zero-order chi connectivity index (χ0) is 12.8. The smallest absolute Gasteiger partial charge is 0.305 e. The first-order valence-electron chi connectivity index (χ1n) is 6.15. The van der Waals surface area contributed by atoms with Crippen molar-refractivity contribution >= 4 is 29.5 Å². The number of rotatable bonds is 4. The number of carbonyl (C=O) groups excluding carboxylic acids is 1. The lowest BCUT2D eigenvalue weighted by molar-refractivity contribution is -0.140. The van der Waals surface area contributed by atoms with E-state index in [1.165, 1.54) is 12.7 Å². The maximum atomic E-state index is 11.4. The van der Waals surface area contributed by atoms with E-state index in [0.29, 0.717) is 6.42 Å². The number of hydrogen-bond donors (Lipinski definition) is 0. The zero-order valence-corrected chi connectivity index (χ0v) is 12.2. The van der Waals surface area contributed by atoms with Crippen LogP contribution in [-0.2, 0) is 9.53 Å². The van der Waals surface area contributed by atoms with Gasteiger partial charge in [-0.1, -0.05) is 30.4 Å². The topological polar surface area (TPSA) is 26.3 Å². The van der Waals surface area contributed by atoms with Gasteiger partial charge >= 0.3 is 5.97 Å². The Labute approximate surface area is 117 Å². The lowest BCUT2D eigenvalue weighted by Gasteiger charge is -2.28. The maximum absolute atomic E-state index is 11.4. The van der Waals surface area contributed by atoms with E-state index in [1.807, 2.05) is 23.5 Å². The molecule has 0 radical (unpaired) electrons. The molecule has 0 N–H and O–H groups in total. The van der Waals surface area contributed by atoms with Crippen LogP contribution in [0.2, 0.25) is 0 Å². The standard InChI is InChI=1S/C14H18O2S2/c1-16-13(15)8-9-14(17-10-11-18-14)12-6-4-2-3-5-7-12/h2-4,6-7H,5,8-11H2,1H3. The lowest BCUT2D eigenvalue weighted by atomic mass is 10.1. The molecule has 4 heteroatoms. The molecule has 2 rings (SSSR count). The van der Waals surface area contributed by atoms with Gasteiger partial charge in [0.05, 0.1) is 11.2 Å². The molecule has 18 heavy (non-hydrogen) atoms. The Kier molecular flexibility index (Phi) is 5.01. The summed E-state index contributed by atoms with van der Waals surface area (Å²) in [7, 11) is 1.46. The van der Waals surface area contributed by atoms with Crippen LogP contribution >= 0.6 is 23.5 Å². The van der Waals surface area contributed by atoms with Gasteiger partial charge in [0.2, 0.25) is 0 Å². The predicted octanol–water partition coefficient (Wildman–Crippen LogP) is 3.56. The molecule has 0 amide bonds. The van der Waals surface area contributed by atoms with Crippen LogP contribution in [0.5, 0.6) is 0 Å². The second-order valence-corrected chi connectivity index (χ2v) is 7.25. The fourth-order valence-corrected chi connectivity index (χ4v) is 5.43. The molecule has 0 saturated carbocycles. The minimum atomic E-state index is -0.112. The normalized spacial score (nSPS) is 21.5. The van der Waals surface area contributed by atoms with Gasteiger partial charge in [-0.2, -0.15) is 0 Å². The molecule has 0 unspecified atom stereocenters. The summed E-state index contributed by atoms with van der Waals surface area (Å²) in [5.74, 6) is 2.20. The Morgan fingerprint density at radius 3 is 2.89 bits per heavy atom. The van der Waals surface area contributed by atoms with Crippen molar-refractivity contribution in [1.29, 1.82) is 0 Å². The van der Waals surface area contributed by atoms with Gasteiger partial charge in [0.15, 0.2) is 0 Å². The van der Waals surface area contributed by atoms with E-state index in [-0.39, 0.29) is 10.0 Å². The summed E-state index contributed by atoms with van der Waals surface area (Å²) in [6, 6.07) is 0. The summed E-state index contributed by atoms with van der Waals surface area (Å²) in [6.45, 7) is 0. The van der Waals surface area contributed by atoms with Gasteiger partial charge in [0.1, 0.15) is 0 Å². The van der Waals surface area contributed by atoms with Gasteiger partial charge in [-0.15, -0.1) is 23.5 Å². The summed E-state index contributed by atoms with van der Waals surface area (Å²) in [6.07, 6.45) is 13.1. The molecule has 0 aromatic rings. The molecule has 1 aliphatic heterocycles. The second-order valence-electron chi connectivity index (χ2n) is 4.21. The van der Waals surface area contributed by atoms with Crippen LogP contribution in [0.1, 0.15) is 19.3 Å². The maximum Gasteiger partial charge on any atom is 0.305 e. The molecular weight excluding hydrogens is 264 g/mol. The monoisotopic (exact) mass is 282 g/mol. The Morgan fingerprint density at radius 2 is 2.17 bits per heavy atom. The predicted molar refractivity (Wildman–Crippen MR) is 79.9 cm³/mol. The molecule has 1 saturated heterocycles. The zero-order valence-electron chi connectivity index (χ0n) is 10.6. The van der Waals surface area contributed by atoms with Crippen molar-refractivity contribution < 1.29 is 9.53 Å². The van der Waals surface area contributed by atoms with Crippen LogP contribution in [0.25, 0.3) is 0 Å². The van der Waals surface area contributed by atoms with E-state index in [9.17, 15) is 4.79 Å². The first kappa shape index (κ1) is 13.8. The summed E-state index contributed by atoms with van der Waals surface area (Å²) in [4.78, 5) is 11.4. The van der Waals surface area contributed by atoms with Crippen LogP contribution in [0.4, 0.5) is 0 Å². The second kappa shape index (κ2) is 6.53. The van der Waals surface area contributed by atoms with Crippen molar-refractivity contribution in [2.75, 3.05) is 18.6 Å². The number of ether oxygens (including phenoxy) is 1. The fourth-order valence-electron chi connectivity index (χ4n) is 2.14. The van der Waals surface area contributed by atoms with E-state index < -0.39 is 0 Å². The lowest BCUT2D eigenvalue weighted by Crippen LogP contribution is -2.21. The number of hydrogen-bond acceptors (Lipinski definition) is 4. The third-order valence-corrected chi connectivity index (χ3v) is 6.67. The van der Waals surface area contributed by atoms with Crippen LogP contribution < -0.4 is 0 Å². The molecule has 0 spiro atoms. The molecule has 0 aromatic carbocycles. The van der Waals surface area contributed by atoms with Gasteiger partial charge in [-0.05, 0) is 18.4 Å². The van der Waals surface area contributed by atoms with Gasteiger partial charge in [0, 0.05) is 17.9 Å². The Bertz CT molecular complexity index is 391. The highest BCUT2D eigenvalue weighted by atomic mass is 32.2. The van der Waals surface area contributed by atoms with Crippen molar-refractivity contribution in [3.05, 3.63) is 36.0 Å². The van der Waals surface area contributed by atoms with Gasteiger partial charge in [-0.3, -0.25) is 4.79 Å². The SMILES string of the molecule is COC(=O)CCC1(C2=CCC=CC=C2)SCCS1. The van der Waals surface area contributed by atoms with Crippen LogP contribution in [-0.4, -0.2) is 28.7 Å². The van der Waals surface area contributed by atoms with Crippen LogP contribution in [0, 0.1) is 0 Å². The van der Waals surface area contributed by atoms with E-state index in [2.05, 4.69) is 30.4 Å². The first-order chi connectivity index (χ1) is 8.77. The third-order valence-electron chi connectivity index (χ3n) is 3.08. The number of methoxy groups -OCH3 is 1. The van der Waals surface area contributed by atoms with Crippen molar-refractivity contribution in [2.24, 2.45) is 0 Å². The number of carbonyl (C=O) groups is 1. The first-order valence-corrected chi connectivity index (χ1v) is 8.12. The van der Waals surface area contributed by atoms with E-state index >= 15 is 0 Å². The van der Waals surface area contributed by atoms with Crippen LogP contribution in [0.3, 0.4) is 0 Å². The largest absolute Gasteiger partial charge is 0.469 e. The fraction of sp³-hybridized carbons (Fsp3) is 0.500. The van der Waals surface area contributed by atoms with E-state index in [1.54, 1.807) is 0 Å². The average molecular weight is 282 g/mol. The molecule has 1 fully saturated rings. The van der Waals surface area contributed by atoms with Crippen molar-refractivity contribution in [3.63, 3.8) is 0 Å². The highest BCUT2D eigenvalue weighted by Crippen LogP contribution is 2.52. The van der Waals surface area contributed by atoms with Gasteiger partial charge < -0.3 is 4.74 Å². The molecule has 1 aliphatic carbocycles. The molecule has 0 atom stereocenters. The Hall–Kier alpha value is -0.610. The minimum absolute atomic E-state index is 0.0523. The molecular formula is C14H18O2S2. The van der Waals surface area contributed by atoms with Gasteiger partial charge in [0.25, 0.3) is 0 Å². The third kappa shape index (κ3) is 3.23. The molecule has 0 aromatic heterocycles. The van der Waals surface area contributed by atoms with Crippen molar-refractivity contribution in [1.82, 2.24) is 0 Å². The minimum Gasteiger partial charge on any atom is -0.469 e. The molecule has 2 aliphatic rings. The molecule has 0 bridgehead atoms. The summed E-state index contributed by atoms with van der Waals surface area (Å²) < 4.78 is 4.81. The molecule has 1 heterocycles. The highest BCUT2D eigenvalue weighted by Gasteiger charge is 2.38. The summed E-state index contributed by atoms with van der Waals surface area (Å²) in [5, 5.41) is 0. The summed E-state index contributed by atoms with van der Waals surface area (Å²) >= 11 is 3.93. The average Bonchev–Trinajstić information content (AvgIpc) is 2.70. The number of esters is 1. The van der Waals surface area contributed by atoms with Crippen molar-refractivity contribution in [2.45, 2.75) is 23.3 Å². The molecule has 98 valence electrons. The van der Waals surface area contributed by atoms with E-state index in [4.69, 9.17) is 4.74 Å². The Balaban J connectivity index is 2.11. The number of thioether (sulfide) groups is 2. The van der Waals surface area contributed by atoms with Crippen LogP contribution in [0.15, 0.2) is 36.0 Å². The van der Waals surface area contributed by atoms with Gasteiger partial charge in [-0.25, -0.2) is 0 Å².